The van der Waals surface area contributed by atoms with Crippen LogP contribution < -0.4 is 5.73 Å². The largest absolute Gasteiger partial charge is 0.382 e. The van der Waals surface area contributed by atoms with E-state index in [-0.39, 0.29) is 6.04 Å². The van der Waals surface area contributed by atoms with E-state index in [2.05, 4.69) is 25.0 Å². The number of hydrogen-bond donors (Lipinski definition) is 1. The highest BCUT2D eigenvalue weighted by Crippen LogP contribution is 2.10. The molecule has 0 radical (unpaired) electrons. The molecular weight excluding hydrogens is 242 g/mol. The second-order valence-electron chi connectivity index (χ2n) is 4.90. The summed E-state index contributed by atoms with van der Waals surface area (Å²) in [5.74, 6) is 0. The van der Waals surface area contributed by atoms with Crippen LogP contribution >= 0.6 is 0 Å². The lowest BCUT2D eigenvalue weighted by Gasteiger charge is -2.11. The number of methoxy groups -OCH3 is 1. The zero-order valence-electron chi connectivity index (χ0n) is 12.3. The third-order valence-corrected chi connectivity index (χ3v) is 3.24. The van der Waals surface area contributed by atoms with Gasteiger partial charge in [-0.3, -0.25) is 4.68 Å². The first-order valence-corrected chi connectivity index (χ1v) is 7.03. The van der Waals surface area contributed by atoms with E-state index in [1.807, 2.05) is 10.9 Å². The van der Waals surface area contributed by atoms with Crippen molar-refractivity contribution >= 4 is 0 Å². The van der Waals surface area contributed by atoms with Gasteiger partial charge in [0.2, 0.25) is 0 Å². The summed E-state index contributed by atoms with van der Waals surface area (Å²) in [5, 5.41) is 4.55. The maximum Gasteiger partial charge on any atom is 0.0700 e. The van der Waals surface area contributed by atoms with Gasteiger partial charge < -0.3 is 15.2 Å². The highest BCUT2D eigenvalue weighted by Gasteiger charge is 2.09. The van der Waals surface area contributed by atoms with Gasteiger partial charge in [0, 0.05) is 38.4 Å². The molecule has 2 atom stereocenters. The van der Waals surface area contributed by atoms with Crippen molar-refractivity contribution < 1.29 is 9.47 Å². The maximum atomic E-state index is 6.08. The van der Waals surface area contributed by atoms with Crippen LogP contribution in [-0.4, -0.2) is 42.8 Å². The van der Waals surface area contributed by atoms with Gasteiger partial charge in [0.1, 0.15) is 0 Å². The molecule has 0 saturated heterocycles. The zero-order valence-corrected chi connectivity index (χ0v) is 12.3. The van der Waals surface area contributed by atoms with E-state index in [1.54, 1.807) is 7.11 Å². The van der Waals surface area contributed by atoms with E-state index in [0.29, 0.717) is 25.9 Å². The molecule has 1 rings (SSSR count). The summed E-state index contributed by atoms with van der Waals surface area (Å²) in [5.41, 5.74) is 7.14. The van der Waals surface area contributed by atoms with Gasteiger partial charge in [-0.05, 0) is 25.8 Å². The van der Waals surface area contributed by atoms with Crippen LogP contribution in [0.1, 0.15) is 38.4 Å². The van der Waals surface area contributed by atoms with Crippen molar-refractivity contribution in [2.75, 3.05) is 26.9 Å². The number of rotatable bonds is 10. The number of nitrogens with two attached hydrogens (primary N) is 1. The van der Waals surface area contributed by atoms with E-state index >= 15 is 0 Å². The Morgan fingerprint density at radius 3 is 2.84 bits per heavy atom. The summed E-state index contributed by atoms with van der Waals surface area (Å²) in [6, 6.07) is 2.60. The second-order valence-corrected chi connectivity index (χ2v) is 4.90. The molecule has 0 bridgehead atoms. The molecule has 0 aliphatic carbocycles. The summed E-state index contributed by atoms with van der Waals surface area (Å²) >= 11 is 0. The zero-order chi connectivity index (χ0) is 14.1. The average molecular weight is 269 g/mol. The molecule has 2 N–H and O–H groups in total. The molecule has 19 heavy (non-hydrogen) atoms. The molecule has 1 heterocycles. The van der Waals surface area contributed by atoms with Gasteiger partial charge in [-0.2, -0.15) is 5.10 Å². The van der Waals surface area contributed by atoms with Crippen LogP contribution in [-0.2, 0) is 15.9 Å². The van der Waals surface area contributed by atoms with Gasteiger partial charge in [0.15, 0.2) is 0 Å². The van der Waals surface area contributed by atoms with E-state index < -0.39 is 0 Å². The summed E-state index contributed by atoms with van der Waals surface area (Å²) in [4.78, 5) is 0. The van der Waals surface area contributed by atoms with Crippen LogP contribution in [0.5, 0.6) is 0 Å². The normalized spacial score (nSPS) is 14.5. The molecule has 1 aromatic rings. The first-order valence-electron chi connectivity index (χ1n) is 7.03. The average Bonchev–Trinajstić information content (AvgIpc) is 2.86. The third-order valence-electron chi connectivity index (χ3n) is 3.24. The molecule has 5 heteroatoms. The molecule has 1 aromatic heterocycles. The number of nitrogens with zero attached hydrogens (tertiary/aromatic N) is 2. The minimum absolute atomic E-state index is 0.0998. The van der Waals surface area contributed by atoms with Crippen molar-refractivity contribution in [3.8, 4) is 0 Å². The molecule has 0 aliphatic heterocycles. The van der Waals surface area contributed by atoms with Gasteiger partial charge in [-0.15, -0.1) is 0 Å². The Morgan fingerprint density at radius 1 is 1.37 bits per heavy atom. The Bertz CT molecular complexity index is 341. The van der Waals surface area contributed by atoms with E-state index in [0.717, 1.165) is 25.0 Å². The molecular formula is C14H27N3O2. The Labute approximate surface area is 116 Å². The second kappa shape index (κ2) is 9.07. The molecule has 2 unspecified atom stereocenters. The Hall–Kier alpha value is -0.910. The first kappa shape index (κ1) is 16.1. The summed E-state index contributed by atoms with van der Waals surface area (Å²) < 4.78 is 12.3. The molecule has 0 spiro atoms. The monoisotopic (exact) mass is 269 g/mol. The standard InChI is InChI=1S/C14H27N3O2/c1-4-12(2)17-7-5-14(16-17)11-13(15)6-8-19-10-9-18-3/h5,7,12-13H,4,6,8-11,15H2,1-3H3. The van der Waals surface area contributed by atoms with E-state index in [1.165, 1.54) is 0 Å². The van der Waals surface area contributed by atoms with Crippen LogP contribution in [0.3, 0.4) is 0 Å². The van der Waals surface area contributed by atoms with Gasteiger partial charge in [0.05, 0.1) is 18.9 Å². The Balaban J connectivity index is 2.24. The van der Waals surface area contributed by atoms with Gasteiger partial charge in [-0.1, -0.05) is 6.92 Å². The van der Waals surface area contributed by atoms with Crippen molar-refractivity contribution in [1.29, 1.82) is 0 Å². The SMILES string of the molecule is CCC(C)n1ccc(CC(N)CCOCCOC)n1. The molecule has 5 nitrogen and oxygen atoms in total. The molecule has 0 saturated carbocycles. The minimum atomic E-state index is 0.0998. The lowest BCUT2D eigenvalue weighted by atomic mass is 10.1. The highest BCUT2D eigenvalue weighted by molar-refractivity contribution is 5.01. The highest BCUT2D eigenvalue weighted by atomic mass is 16.5. The van der Waals surface area contributed by atoms with Gasteiger partial charge in [0.25, 0.3) is 0 Å². The van der Waals surface area contributed by atoms with Crippen molar-refractivity contribution in [2.45, 2.75) is 45.2 Å². The number of ether oxygens (including phenoxy) is 2. The summed E-state index contributed by atoms with van der Waals surface area (Å²) in [6.45, 7) is 6.27. The maximum absolute atomic E-state index is 6.08. The Kier molecular flexibility index (Phi) is 7.70. The fourth-order valence-corrected chi connectivity index (χ4v) is 1.77. The molecule has 0 aliphatic rings. The third kappa shape index (κ3) is 6.18. The van der Waals surface area contributed by atoms with Crippen LogP contribution in [0.2, 0.25) is 0 Å². The van der Waals surface area contributed by atoms with Crippen molar-refractivity contribution in [2.24, 2.45) is 5.73 Å². The van der Waals surface area contributed by atoms with Crippen LogP contribution in [0.15, 0.2) is 12.3 Å². The number of hydrogen-bond acceptors (Lipinski definition) is 4. The van der Waals surface area contributed by atoms with Gasteiger partial charge >= 0.3 is 0 Å². The fourth-order valence-electron chi connectivity index (χ4n) is 1.77. The molecule has 0 fully saturated rings. The van der Waals surface area contributed by atoms with Crippen molar-refractivity contribution in [3.63, 3.8) is 0 Å². The molecule has 0 amide bonds. The molecule has 0 aromatic carbocycles. The lowest BCUT2D eigenvalue weighted by molar-refractivity contribution is 0.0672. The Morgan fingerprint density at radius 2 is 2.16 bits per heavy atom. The first-order chi connectivity index (χ1) is 9.17. The van der Waals surface area contributed by atoms with Crippen molar-refractivity contribution in [1.82, 2.24) is 9.78 Å². The van der Waals surface area contributed by atoms with Crippen LogP contribution in [0.25, 0.3) is 0 Å². The van der Waals surface area contributed by atoms with E-state index in [4.69, 9.17) is 15.2 Å². The summed E-state index contributed by atoms with van der Waals surface area (Å²) in [7, 11) is 1.67. The van der Waals surface area contributed by atoms with Crippen molar-refractivity contribution in [3.05, 3.63) is 18.0 Å². The smallest absolute Gasteiger partial charge is 0.0700 e. The van der Waals surface area contributed by atoms with Crippen LogP contribution in [0, 0.1) is 0 Å². The van der Waals surface area contributed by atoms with E-state index in [9.17, 15) is 0 Å². The topological polar surface area (TPSA) is 62.3 Å². The quantitative estimate of drug-likeness (QED) is 0.658. The lowest BCUT2D eigenvalue weighted by Crippen LogP contribution is -2.25. The molecule has 110 valence electrons. The van der Waals surface area contributed by atoms with Crippen LogP contribution in [0.4, 0.5) is 0 Å². The minimum Gasteiger partial charge on any atom is -0.382 e. The predicted molar refractivity (Wildman–Crippen MR) is 76.2 cm³/mol. The predicted octanol–water partition coefficient (Wildman–Crippen LogP) is 1.78. The van der Waals surface area contributed by atoms with Gasteiger partial charge in [-0.25, -0.2) is 0 Å². The fraction of sp³-hybridized carbons (Fsp3) is 0.786. The summed E-state index contributed by atoms with van der Waals surface area (Å²) in [6.07, 6.45) is 4.77. The number of aromatic nitrogens is 2.